The molecule has 20 heavy (non-hydrogen) atoms. The first-order valence-corrected chi connectivity index (χ1v) is 7.90. The second kappa shape index (κ2) is 5.76. The van der Waals surface area contributed by atoms with Gasteiger partial charge in [-0.1, -0.05) is 29.4 Å². The Labute approximate surface area is 119 Å². The topological polar surface area (TPSA) is 63.4 Å². The molecule has 0 saturated heterocycles. The van der Waals surface area contributed by atoms with E-state index < -0.39 is 10.0 Å². The maximum Gasteiger partial charge on any atom is 0.218 e. The Morgan fingerprint density at radius 1 is 1.25 bits per heavy atom. The van der Waals surface area contributed by atoms with Gasteiger partial charge in [-0.05, 0) is 25.0 Å². The third kappa shape index (κ3) is 3.46. The number of rotatable bonds is 5. The number of hydrogen-bond acceptors (Lipinski definition) is 4. The molecular formula is C14H18N2O3S. The van der Waals surface area contributed by atoms with Crippen LogP contribution in [0.3, 0.4) is 0 Å². The number of aromatic nitrogens is 1. The van der Waals surface area contributed by atoms with Crippen molar-refractivity contribution < 1.29 is 12.9 Å². The van der Waals surface area contributed by atoms with Gasteiger partial charge in [-0.25, -0.2) is 8.42 Å². The van der Waals surface area contributed by atoms with Crippen molar-refractivity contribution >= 4 is 10.0 Å². The Kier molecular flexibility index (Phi) is 4.25. The molecule has 0 aliphatic carbocycles. The highest BCUT2D eigenvalue weighted by atomic mass is 32.2. The summed E-state index contributed by atoms with van der Waals surface area (Å²) in [6, 6.07) is 9.22. The Balaban J connectivity index is 2.12. The van der Waals surface area contributed by atoms with Gasteiger partial charge in [-0.2, -0.15) is 4.31 Å². The van der Waals surface area contributed by atoms with Crippen LogP contribution in [0.2, 0.25) is 0 Å². The van der Waals surface area contributed by atoms with Crippen molar-refractivity contribution in [3.8, 4) is 0 Å². The quantitative estimate of drug-likeness (QED) is 0.848. The smallest absolute Gasteiger partial charge is 0.218 e. The van der Waals surface area contributed by atoms with Crippen LogP contribution in [0.1, 0.15) is 22.6 Å². The lowest BCUT2D eigenvalue weighted by Gasteiger charge is -2.16. The van der Waals surface area contributed by atoms with E-state index in [1.165, 1.54) is 4.31 Å². The summed E-state index contributed by atoms with van der Waals surface area (Å²) in [6.45, 7) is 3.90. The monoisotopic (exact) mass is 294 g/mol. The maximum absolute atomic E-state index is 12.3. The number of nitrogens with zero attached hydrogens (tertiary/aromatic N) is 2. The van der Waals surface area contributed by atoms with Crippen molar-refractivity contribution in [1.82, 2.24) is 9.46 Å². The Bertz CT molecular complexity index is 692. The Morgan fingerprint density at radius 2 is 1.95 bits per heavy atom. The average Bonchev–Trinajstić information content (AvgIpc) is 2.77. The standard InChI is InChI=1S/C14H18N2O3S/c1-11-6-4-5-7-13(11)10-20(17,18)16(3)9-14-8-12(2)19-15-14/h4-8H,9-10H2,1-3H3. The maximum atomic E-state index is 12.3. The molecule has 0 radical (unpaired) electrons. The fourth-order valence-electron chi connectivity index (χ4n) is 1.90. The highest BCUT2D eigenvalue weighted by molar-refractivity contribution is 7.88. The first-order valence-electron chi connectivity index (χ1n) is 6.29. The van der Waals surface area contributed by atoms with Gasteiger partial charge >= 0.3 is 0 Å². The molecule has 0 fully saturated rings. The largest absolute Gasteiger partial charge is 0.361 e. The van der Waals surface area contributed by atoms with E-state index in [1.54, 1.807) is 20.0 Å². The van der Waals surface area contributed by atoms with Crippen molar-refractivity contribution in [3.05, 3.63) is 52.9 Å². The van der Waals surface area contributed by atoms with Gasteiger partial charge in [0, 0.05) is 13.1 Å². The summed E-state index contributed by atoms with van der Waals surface area (Å²) < 4.78 is 30.9. The number of aryl methyl sites for hydroxylation is 2. The Hall–Kier alpha value is -1.66. The molecule has 1 heterocycles. The summed E-state index contributed by atoms with van der Waals surface area (Å²) in [5.74, 6) is 0.664. The molecule has 1 aromatic carbocycles. The first kappa shape index (κ1) is 14.7. The summed E-state index contributed by atoms with van der Waals surface area (Å²) in [4.78, 5) is 0. The van der Waals surface area contributed by atoms with Gasteiger partial charge in [0.1, 0.15) is 5.76 Å². The van der Waals surface area contributed by atoms with Crippen LogP contribution in [0, 0.1) is 13.8 Å². The van der Waals surface area contributed by atoms with Crippen molar-refractivity contribution in [2.45, 2.75) is 26.1 Å². The minimum absolute atomic E-state index is 0.00694. The highest BCUT2D eigenvalue weighted by Crippen LogP contribution is 2.15. The summed E-state index contributed by atoms with van der Waals surface area (Å²) in [6.07, 6.45) is 0. The molecule has 2 aromatic rings. The van der Waals surface area contributed by atoms with Gasteiger partial charge in [0.25, 0.3) is 0 Å². The average molecular weight is 294 g/mol. The normalized spacial score (nSPS) is 12.0. The molecule has 6 heteroatoms. The molecule has 0 saturated carbocycles. The van der Waals surface area contributed by atoms with Crippen molar-refractivity contribution in [3.63, 3.8) is 0 Å². The summed E-state index contributed by atoms with van der Waals surface area (Å²) in [7, 11) is -1.82. The number of hydrogen-bond donors (Lipinski definition) is 0. The zero-order chi connectivity index (χ0) is 14.8. The lowest BCUT2D eigenvalue weighted by Crippen LogP contribution is -2.28. The van der Waals surface area contributed by atoms with Crippen LogP contribution in [0.4, 0.5) is 0 Å². The van der Waals surface area contributed by atoms with Gasteiger partial charge in [0.05, 0.1) is 18.0 Å². The molecule has 5 nitrogen and oxygen atoms in total. The van der Waals surface area contributed by atoms with Crippen molar-refractivity contribution in [1.29, 1.82) is 0 Å². The third-order valence-electron chi connectivity index (χ3n) is 3.14. The van der Waals surface area contributed by atoms with Crippen LogP contribution in [0.25, 0.3) is 0 Å². The van der Waals surface area contributed by atoms with Crippen molar-refractivity contribution in [2.75, 3.05) is 7.05 Å². The number of sulfonamides is 1. The molecule has 1 aromatic heterocycles. The minimum atomic E-state index is -3.37. The van der Waals surface area contributed by atoms with Gasteiger partial charge in [0.15, 0.2) is 0 Å². The lowest BCUT2D eigenvalue weighted by molar-refractivity contribution is 0.378. The van der Waals surface area contributed by atoms with E-state index in [9.17, 15) is 8.42 Å². The van der Waals surface area contributed by atoms with Gasteiger partial charge < -0.3 is 4.52 Å². The minimum Gasteiger partial charge on any atom is -0.361 e. The van der Waals surface area contributed by atoms with Crippen LogP contribution >= 0.6 is 0 Å². The van der Waals surface area contributed by atoms with E-state index in [0.717, 1.165) is 11.1 Å². The molecule has 0 aliphatic rings. The predicted molar refractivity (Wildman–Crippen MR) is 76.5 cm³/mol. The number of benzene rings is 1. The van der Waals surface area contributed by atoms with Crippen LogP contribution in [0.5, 0.6) is 0 Å². The SMILES string of the molecule is Cc1cc(CN(C)S(=O)(=O)Cc2ccccc2C)no1. The molecule has 0 amide bonds. The van der Waals surface area contributed by atoms with E-state index in [2.05, 4.69) is 5.16 Å². The molecule has 0 bridgehead atoms. The van der Waals surface area contributed by atoms with Crippen molar-refractivity contribution in [2.24, 2.45) is 0 Å². The van der Waals surface area contributed by atoms with Crippen LogP contribution in [-0.2, 0) is 22.3 Å². The van der Waals surface area contributed by atoms with Crippen LogP contribution in [-0.4, -0.2) is 24.9 Å². The molecule has 0 spiro atoms. The zero-order valence-electron chi connectivity index (χ0n) is 11.8. The van der Waals surface area contributed by atoms with E-state index in [-0.39, 0.29) is 12.3 Å². The van der Waals surface area contributed by atoms with Crippen LogP contribution in [0.15, 0.2) is 34.9 Å². The second-order valence-corrected chi connectivity index (χ2v) is 6.94. The fraction of sp³-hybridized carbons (Fsp3) is 0.357. The highest BCUT2D eigenvalue weighted by Gasteiger charge is 2.20. The summed E-state index contributed by atoms with van der Waals surface area (Å²) in [5.41, 5.74) is 2.40. The predicted octanol–water partition coefficient (Wildman–Crippen LogP) is 2.25. The van der Waals surface area contributed by atoms with Gasteiger partial charge in [-0.15, -0.1) is 0 Å². The molecule has 0 unspecified atom stereocenters. The summed E-state index contributed by atoms with van der Waals surface area (Å²) in [5, 5.41) is 3.81. The zero-order valence-corrected chi connectivity index (χ0v) is 12.6. The Morgan fingerprint density at radius 3 is 2.55 bits per heavy atom. The lowest BCUT2D eigenvalue weighted by atomic mass is 10.1. The fourth-order valence-corrected chi connectivity index (χ4v) is 3.16. The first-order chi connectivity index (χ1) is 9.38. The molecule has 2 rings (SSSR count). The van der Waals surface area contributed by atoms with Gasteiger partial charge in [-0.3, -0.25) is 0 Å². The summed E-state index contributed by atoms with van der Waals surface area (Å²) >= 11 is 0. The second-order valence-electron chi connectivity index (χ2n) is 4.87. The van der Waals surface area contributed by atoms with E-state index in [0.29, 0.717) is 11.5 Å². The molecule has 108 valence electrons. The van der Waals surface area contributed by atoms with E-state index >= 15 is 0 Å². The van der Waals surface area contributed by atoms with Crippen LogP contribution < -0.4 is 0 Å². The molecule has 0 N–H and O–H groups in total. The molecular weight excluding hydrogens is 276 g/mol. The van der Waals surface area contributed by atoms with E-state index in [1.807, 2.05) is 31.2 Å². The molecule has 0 atom stereocenters. The van der Waals surface area contributed by atoms with E-state index in [4.69, 9.17) is 4.52 Å². The third-order valence-corrected chi connectivity index (χ3v) is 4.89. The van der Waals surface area contributed by atoms with Gasteiger partial charge in [0.2, 0.25) is 10.0 Å². The molecule has 0 aliphatic heterocycles.